The van der Waals surface area contributed by atoms with Crippen LogP contribution in [-0.2, 0) is 4.79 Å². The minimum absolute atomic E-state index is 0.0330. The molecule has 1 aromatic carbocycles. The molecule has 0 radical (unpaired) electrons. The van der Waals surface area contributed by atoms with Crippen LogP contribution < -0.4 is 5.32 Å². The van der Waals surface area contributed by atoms with Crippen molar-refractivity contribution >= 4 is 23.5 Å². The fourth-order valence-electron chi connectivity index (χ4n) is 2.28. The van der Waals surface area contributed by atoms with Gasteiger partial charge in [0.05, 0.1) is 6.20 Å². The summed E-state index contributed by atoms with van der Waals surface area (Å²) in [6.45, 7) is 0. The first-order valence-corrected chi connectivity index (χ1v) is 6.97. The average Bonchev–Trinajstić information content (AvgIpc) is 2.86. The minimum Gasteiger partial charge on any atom is -0.311 e. The van der Waals surface area contributed by atoms with E-state index < -0.39 is 0 Å². The molecule has 2 heterocycles. The van der Waals surface area contributed by atoms with Crippen molar-refractivity contribution in [1.29, 1.82) is 0 Å². The second-order valence-electron chi connectivity index (χ2n) is 4.28. The van der Waals surface area contributed by atoms with E-state index in [1.54, 1.807) is 18.0 Å². The number of hydrogen-bond donors (Lipinski definition) is 2. The molecule has 4 nitrogen and oxygen atoms in total. The first-order chi connectivity index (χ1) is 8.78. The fourth-order valence-corrected chi connectivity index (χ4v) is 2.69. The van der Waals surface area contributed by atoms with Crippen molar-refractivity contribution in [1.82, 2.24) is 10.2 Å². The average molecular weight is 259 g/mol. The summed E-state index contributed by atoms with van der Waals surface area (Å²) in [7, 11) is 0. The van der Waals surface area contributed by atoms with Crippen LogP contribution in [0.25, 0.3) is 0 Å². The van der Waals surface area contributed by atoms with Gasteiger partial charge in [-0.3, -0.25) is 9.89 Å². The number of aromatic nitrogens is 2. The smallest absolute Gasteiger partial charge is 0.226 e. The predicted octanol–water partition coefficient (Wildman–Crippen LogP) is 2.61. The van der Waals surface area contributed by atoms with E-state index in [4.69, 9.17) is 0 Å². The van der Waals surface area contributed by atoms with Crippen molar-refractivity contribution in [2.45, 2.75) is 17.2 Å². The molecule has 0 fully saturated rings. The van der Waals surface area contributed by atoms with Gasteiger partial charge in [-0.1, -0.05) is 12.1 Å². The van der Waals surface area contributed by atoms with Crippen LogP contribution in [0.3, 0.4) is 0 Å². The molecule has 0 aliphatic carbocycles. The number of nitrogens with one attached hydrogen (secondary N) is 2. The number of carbonyl (C=O) groups is 1. The number of nitrogens with zero attached hydrogens (tertiary/aromatic N) is 1. The zero-order chi connectivity index (χ0) is 12.5. The van der Waals surface area contributed by atoms with Crippen molar-refractivity contribution in [2.75, 3.05) is 11.6 Å². The van der Waals surface area contributed by atoms with Crippen LogP contribution in [-0.4, -0.2) is 22.4 Å². The topological polar surface area (TPSA) is 57.8 Å². The van der Waals surface area contributed by atoms with Crippen LogP contribution in [0, 0.1) is 0 Å². The lowest BCUT2D eigenvalue weighted by Gasteiger charge is -2.22. The molecule has 0 bridgehead atoms. The highest BCUT2D eigenvalue weighted by Gasteiger charge is 2.27. The van der Waals surface area contributed by atoms with Gasteiger partial charge in [-0.15, -0.1) is 11.8 Å². The first-order valence-electron chi connectivity index (χ1n) is 5.75. The van der Waals surface area contributed by atoms with Crippen molar-refractivity contribution in [3.8, 4) is 0 Å². The maximum Gasteiger partial charge on any atom is 0.226 e. The van der Waals surface area contributed by atoms with E-state index in [0.717, 1.165) is 16.9 Å². The summed E-state index contributed by atoms with van der Waals surface area (Å²) in [5.41, 5.74) is 2.22. The second-order valence-corrected chi connectivity index (χ2v) is 5.16. The molecule has 0 spiro atoms. The Kier molecular flexibility index (Phi) is 2.83. The van der Waals surface area contributed by atoms with E-state index in [2.05, 4.69) is 46.0 Å². The number of hydrogen-bond acceptors (Lipinski definition) is 3. The van der Waals surface area contributed by atoms with Gasteiger partial charge in [-0.2, -0.15) is 5.10 Å². The molecule has 2 N–H and O–H groups in total. The number of thioether (sulfide) groups is 1. The van der Waals surface area contributed by atoms with Gasteiger partial charge in [0, 0.05) is 22.8 Å². The van der Waals surface area contributed by atoms with Crippen LogP contribution in [0.2, 0.25) is 0 Å². The molecule has 5 heteroatoms. The Balaban J connectivity index is 1.99. The van der Waals surface area contributed by atoms with E-state index in [-0.39, 0.29) is 11.8 Å². The zero-order valence-corrected chi connectivity index (χ0v) is 10.8. The van der Waals surface area contributed by atoms with E-state index in [9.17, 15) is 4.79 Å². The molecule has 0 saturated carbocycles. The van der Waals surface area contributed by atoms with Crippen molar-refractivity contribution in [2.24, 2.45) is 0 Å². The van der Waals surface area contributed by atoms with Crippen LogP contribution in [0.15, 0.2) is 35.4 Å². The highest BCUT2D eigenvalue weighted by Crippen LogP contribution is 2.36. The third-order valence-electron chi connectivity index (χ3n) is 3.22. The molecule has 2 aromatic rings. The molecule has 3 rings (SSSR count). The maximum absolute atomic E-state index is 11.7. The molecule has 18 heavy (non-hydrogen) atoms. The molecule has 92 valence electrons. The molecule has 1 amide bonds. The number of H-pyrrole nitrogens is 1. The number of benzene rings is 1. The summed E-state index contributed by atoms with van der Waals surface area (Å²) in [5.74, 6) is 0.860. The number of amides is 1. The Morgan fingerprint density at radius 2 is 2.11 bits per heavy atom. The van der Waals surface area contributed by atoms with Crippen LogP contribution in [0.5, 0.6) is 0 Å². The summed E-state index contributed by atoms with van der Waals surface area (Å²) < 4.78 is 0. The molecular weight excluding hydrogens is 246 g/mol. The van der Waals surface area contributed by atoms with Crippen LogP contribution in [0.4, 0.5) is 5.82 Å². The Morgan fingerprint density at radius 3 is 2.83 bits per heavy atom. The summed E-state index contributed by atoms with van der Waals surface area (Å²) >= 11 is 1.71. The standard InChI is InChI=1S/C13H13N3OS/c1-18-9-4-2-8(3-5-9)10-6-12(17)15-13-11(10)7-14-16-13/h2-5,7,10H,6H2,1H3,(H2,14,15,16,17). The fraction of sp³-hybridized carbons (Fsp3) is 0.231. The van der Waals surface area contributed by atoms with Crippen LogP contribution >= 0.6 is 11.8 Å². The lowest BCUT2D eigenvalue weighted by Crippen LogP contribution is -2.22. The monoisotopic (exact) mass is 259 g/mol. The molecular formula is C13H13N3OS. The first kappa shape index (κ1) is 11.3. The van der Waals surface area contributed by atoms with Crippen LogP contribution in [0.1, 0.15) is 23.5 Å². The third-order valence-corrected chi connectivity index (χ3v) is 3.96. The van der Waals surface area contributed by atoms with Crippen molar-refractivity contribution in [3.63, 3.8) is 0 Å². The number of fused-ring (bicyclic) bond motifs is 1. The Labute approximate surface area is 109 Å². The Hall–Kier alpha value is -1.75. The van der Waals surface area contributed by atoms with Crippen molar-refractivity contribution in [3.05, 3.63) is 41.6 Å². The number of carbonyl (C=O) groups excluding carboxylic acids is 1. The highest BCUT2D eigenvalue weighted by molar-refractivity contribution is 7.98. The van der Waals surface area contributed by atoms with Gasteiger partial charge < -0.3 is 5.32 Å². The summed E-state index contributed by atoms with van der Waals surface area (Å²) in [6, 6.07) is 8.36. The predicted molar refractivity (Wildman–Crippen MR) is 71.9 cm³/mol. The minimum atomic E-state index is 0.0330. The second kappa shape index (κ2) is 4.49. The molecule has 1 aliphatic rings. The Morgan fingerprint density at radius 1 is 1.33 bits per heavy atom. The summed E-state index contributed by atoms with van der Waals surface area (Å²) in [4.78, 5) is 12.9. The van der Waals surface area contributed by atoms with Gasteiger partial charge >= 0.3 is 0 Å². The Bertz CT molecular complexity index is 576. The quantitative estimate of drug-likeness (QED) is 0.815. The van der Waals surface area contributed by atoms with E-state index in [1.165, 1.54) is 4.90 Å². The summed E-state index contributed by atoms with van der Waals surface area (Å²) in [5, 5.41) is 9.63. The van der Waals surface area contributed by atoms with Gasteiger partial charge in [0.1, 0.15) is 5.82 Å². The normalized spacial score (nSPS) is 18.3. The highest BCUT2D eigenvalue weighted by atomic mass is 32.2. The van der Waals surface area contributed by atoms with Gasteiger partial charge in [-0.05, 0) is 24.0 Å². The number of aromatic amines is 1. The molecule has 1 aromatic heterocycles. The molecule has 0 saturated heterocycles. The van der Waals surface area contributed by atoms with Gasteiger partial charge in [0.15, 0.2) is 0 Å². The maximum atomic E-state index is 11.7. The van der Waals surface area contributed by atoms with E-state index >= 15 is 0 Å². The number of rotatable bonds is 2. The molecule has 1 unspecified atom stereocenters. The van der Waals surface area contributed by atoms with Gasteiger partial charge in [0.2, 0.25) is 5.91 Å². The molecule has 1 aliphatic heterocycles. The third kappa shape index (κ3) is 1.90. The largest absolute Gasteiger partial charge is 0.311 e. The van der Waals surface area contributed by atoms with Crippen molar-refractivity contribution < 1.29 is 4.79 Å². The SMILES string of the molecule is CSc1ccc(C2CC(=O)Nc3[nH]ncc32)cc1. The van der Waals surface area contributed by atoms with Gasteiger partial charge in [0.25, 0.3) is 0 Å². The lowest BCUT2D eigenvalue weighted by atomic mass is 9.87. The zero-order valence-electron chi connectivity index (χ0n) is 9.93. The number of anilines is 1. The van der Waals surface area contributed by atoms with Gasteiger partial charge in [-0.25, -0.2) is 0 Å². The summed E-state index contributed by atoms with van der Waals surface area (Å²) in [6.07, 6.45) is 4.32. The van der Waals surface area contributed by atoms with E-state index in [1.807, 2.05) is 0 Å². The van der Waals surface area contributed by atoms with E-state index in [0.29, 0.717) is 6.42 Å². The molecule has 1 atom stereocenters. The lowest BCUT2D eigenvalue weighted by molar-refractivity contribution is -0.116.